The van der Waals surface area contributed by atoms with E-state index in [-0.39, 0.29) is 6.61 Å². The topological polar surface area (TPSA) is 59.8 Å². The molecule has 1 aromatic heterocycles. The minimum atomic E-state index is -0.533. The first kappa shape index (κ1) is 26.7. The molecule has 4 aromatic rings. The second kappa shape index (κ2) is 12.8. The third-order valence-corrected chi connectivity index (χ3v) is 6.12. The zero-order valence-electron chi connectivity index (χ0n) is 21.6. The van der Waals surface area contributed by atoms with Crippen molar-refractivity contribution in [3.63, 3.8) is 0 Å². The fourth-order valence-electron chi connectivity index (χ4n) is 3.99. The highest BCUT2D eigenvalue weighted by molar-refractivity contribution is 6.30. The maximum atomic E-state index is 10.0. The van der Waals surface area contributed by atoms with E-state index in [1.54, 1.807) is 0 Å². The fraction of sp³-hybridized carbons (Fsp3) is 0.300. The van der Waals surface area contributed by atoms with Crippen LogP contribution in [0.15, 0.2) is 79.0 Å². The number of ether oxygens (including phenoxy) is 2. The van der Waals surface area contributed by atoms with Gasteiger partial charge in [-0.3, -0.25) is 0 Å². The number of aliphatic hydroxyl groups excluding tert-OH is 1. The first-order chi connectivity index (χ1) is 17.9. The molecule has 1 atom stereocenters. The Balaban J connectivity index is 1.49. The average Bonchev–Trinajstić information content (AvgIpc) is 3.32. The third kappa shape index (κ3) is 7.59. The van der Waals surface area contributed by atoms with Crippen LogP contribution < -0.4 is 9.47 Å². The molecule has 0 bridgehead atoms. The first-order valence-electron chi connectivity index (χ1n) is 12.6. The Morgan fingerprint density at radius 2 is 1.54 bits per heavy atom. The quantitative estimate of drug-likeness (QED) is 0.228. The molecule has 0 aliphatic carbocycles. The molecule has 37 heavy (non-hydrogen) atoms. The molecular weight excluding hydrogens is 486 g/mol. The molecule has 1 unspecified atom stereocenters. The third-order valence-electron chi connectivity index (χ3n) is 5.87. The van der Waals surface area contributed by atoms with Crippen molar-refractivity contribution in [3.05, 3.63) is 89.8 Å². The molecule has 4 rings (SSSR count). The number of hydrogen-bond donors (Lipinski definition) is 1. The average molecular weight is 520 g/mol. The number of likely N-dealkylation sites (N-methyl/N-ethyl adjacent to an activating group) is 1. The van der Waals surface area contributed by atoms with Crippen LogP contribution in [0.1, 0.15) is 25.6 Å². The maximum absolute atomic E-state index is 10.0. The van der Waals surface area contributed by atoms with Gasteiger partial charge in [-0.25, -0.2) is 4.98 Å². The summed E-state index contributed by atoms with van der Waals surface area (Å²) in [5.74, 6) is 3.25. The summed E-state index contributed by atoms with van der Waals surface area (Å²) in [4.78, 5) is 6.90. The van der Waals surface area contributed by atoms with Gasteiger partial charge in [-0.05, 0) is 93.3 Å². The Bertz CT molecular complexity index is 1250. The predicted octanol–water partition coefficient (Wildman–Crippen LogP) is 6.63. The van der Waals surface area contributed by atoms with Crippen LogP contribution in [0, 0.1) is 0 Å². The van der Waals surface area contributed by atoms with E-state index in [0.717, 1.165) is 59.3 Å². The Kier molecular flexibility index (Phi) is 9.23. The van der Waals surface area contributed by atoms with Gasteiger partial charge in [0.25, 0.3) is 0 Å². The number of imidazole rings is 1. The molecule has 0 amide bonds. The standard InChI is InChI=1S/C30H34ClN3O3/c1-4-5-6-30-32-29(22-7-13-26(14-8-22)36-21-25(35)19-33(2)3)20-34(30)24-11-17-28(18-12-24)37-27-15-9-23(31)10-16-27/h7-18,20,25,35H,4-6,19,21H2,1-3H3. The number of halogens is 1. The lowest BCUT2D eigenvalue weighted by atomic mass is 10.1. The summed E-state index contributed by atoms with van der Waals surface area (Å²) in [7, 11) is 3.85. The van der Waals surface area contributed by atoms with Crippen LogP contribution in [0.5, 0.6) is 17.2 Å². The van der Waals surface area contributed by atoms with Gasteiger partial charge in [0, 0.05) is 35.4 Å². The summed E-state index contributed by atoms with van der Waals surface area (Å²) < 4.78 is 13.8. The molecule has 6 nitrogen and oxygen atoms in total. The largest absolute Gasteiger partial charge is 0.491 e. The van der Waals surface area contributed by atoms with E-state index in [1.807, 2.05) is 91.8 Å². The Hall–Kier alpha value is -3.32. The highest BCUT2D eigenvalue weighted by Gasteiger charge is 2.12. The molecule has 7 heteroatoms. The lowest BCUT2D eigenvalue weighted by Gasteiger charge is -2.16. The van der Waals surface area contributed by atoms with Gasteiger partial charge in [-0.15, -0.1) is 0 Å². The predicted molar refractivity (Wildman–Crippen MR) is 149 cm³/mol. The summed E-state index contributed by atoms with van der Waals surface area (Å²) in [6, 6.07) is 23.2. The van der Waals surface area contributed by atoms with Crippen molar-refractivity contribution in [1.82, 2.24) is 14.5 Å². The number of rotatable bonds is 12. The van der Waals surface area contributed by atoms with Crippen LogP contribution in [0.4, 0.5) is 0 Å². The van der Waals surface area contributed by atoms with Crippen molar-refractivity contribution in [2.24, 2.45) is 0 Å². The highest BCUT2D eigenvalue weighted by atomic mass is 35.5. The zero-order valence-corrected chi connectivity index (χ0v) is 22.4. The first-order valence-corrected chi connectivity index (χ1v) is 13.0. The summed E-state index contributed by atoms with van der Waals surface area (Å²) >= 11 is 5.97. The summed E-state index contributed by atoms with van der Waals surface area (Å²) in [6.45, 7) is 3.00. The fourth-order valence-corrected chi connectivity index (χ4v) is 4.12. The Morgan fingerprint density at radius 3 is 2.16 bits per heavy atom. The molecule has 0 aliphatic heterocycles. The highest BCUT2D eigenvalue weighted by Crippen LogP contribution is 2.27. The molecule has 0 saturated carbocycles. The maximum Gasteiger partial charge on any atom is 0.127 e. The lowest BCUT2D eigenvalue weighted by Crippen LogP contribution is -2.30. The van der Waals surface area contributed by atoms with Crippen molar-refractivity contribution in [2.45, 2.75) is 32.3 Å². The van der Waals surface area contributed by atoms with Crippen molar-refractivity contribution in [3.8, 4) is 34.2 Å². The van der Waals surface area contributed by atoms with Gasteiger partial charge in [0.1, 0.15) is 35.8 Å². The molecular formula is C30H34ClN3O3. The van der Waals surface area contributed by atoms with Gasteiger partial charge < -0.3 is 24.0 Å². The van der Waals surface area contributed by atoms with Crippen LogP contribution in [0.25, 0.3) is 16.9 Å². The molecule has 0 radical (unpaired) electrons. The van der Waals surface area contributed by atoms with Crippen LogP contribution in [0.3, 0.4) is 0 Å². The molecule has 0 fully saturated rings. The molecule has 3 aromatic carbocycles. The number of aliphatic hydroxyl groups is 1. The normalized spacial score (nSPS) is 12.1. The number of aryl methyl sites for hydroxylation is 1. The van der Waals surface area contributed by atoms with E-state index in [4.69, 9.17) is 26.1 Å². The van der Waals surface area contributed by atoms with Gasteiger partial charge >= 0.3 is 0 Å². The monoisotopic (exact) mass is 519 g/mol. The second-order valence-electron chi connectivity index (χ2n) is 9.32. The van der Waals surface area contributed by atoms with Crippen LogP contribution in [-0.4, -0.2) is 52.9 Å². The number of unbranched alkanes of at least 4 members (excludes halogenated alkanes) is 1. The SMILES string of the molecule is CCCCc1nc(-c2ccc(OCC(O)CN(C)C)cc2)cn1-c1ccc(Oc2ccc(Cl)cc2)cc1. The Labute approximate surface area is 224 Å². The number of aromatic nitrogens is 2. The Morgan fingerprint density at radius 1 is 0.919 bits per heavy atom. The van der Waals surface area contributed by atoms with Gasteiger partial charge in [0.05, 0.1) is 5.69 Å². The van der Waals surface area contributed by atoms with Crippen LogP contribution in [-0.2, 0) is 6.42 Å². The summed E-state index contributed by atoms with van der Waals surface area (Å²) in [6.07, 6.45) is 4.61. The van der Waals surface area contributed by atoms with Crippen LogP contribution >= 0.6 is 11.6 Å². The number of benzene rings is 3. The van der Waals surface area contributed by atoms with Gasteiger partial charge in [-0.1, -0.05) is 24.9 Å². The van der Waals surface area contributed by atoms with Crippen molar-refractivity contribution >= 4 is 11.6 Å². The van der Waals surface area contributed by atoms with Gasteiger partial charge in [0.15, 0.2) is 0 Å². The van der Waals surface area contributed by atoms with Crippen molar-refractivity contribution in [2.75, 3.05) is 27.2 Å². The number of hydrogen-bond acceptors (Lipinski definition) is 5. The molecule has 0 aliphatic rings. The molecule has 1 heterocycles. The van der Waals surface area contributed by atoms with Gasteiger partial charge in [0.2, 0.25) is 0 Å². The van der Waals surface area contributed by atoms with E-state index in [0.29, 0.717) is 11.6 Å². The van der Waals surface area contributed by atoms with Crippen LogP contribution in [0.2, 0.25) is 5.02 Å². The van der Waals surface area contributed by atoms with E-state index in [9.17, 15) is 5.11 Å². The molecule has 194 valence electrons. The minimum absolute atomic E-state index is 0.255. The molecule has 0 saturated heterocycles. The lowest BCUT2D eigenvalue weighted by molar-refractivity contribution is 0.0831. The molecule has 0 spiro atoms. The minimum Gasteiger partial charge on any atom is -0.491 e. The second-order valence-corrected chi connectivity index (χ2v) is 9.75. The number of nitrogens with zero attached hydrogens (tertiary/aromatic N) is 3. The zero-order chi connectivity index (χ0) is 26.2. The van der Waals surface area contributed by atoms with Gasteiger partial charge in [-0.2, -0.15) is 0 Å². The van der Waals surface area contributed by atoms with Crippen molar-refractivity contribution < 1.29 is 14.6 Å². The van der Waals surface area contributed by atoms with Crippen molar-refractivity contribution in [1.29, 1.82) is 0 Å². The van der Waals surface area contributed by atoms with E-state index >= 15 is 0 Å². The smallest absolute Gasteiger partial charge is 0.127 e. The van der Waals surface area contributed by atoms with E-state index < -0.39 is 6.10 Å². The van der Waals surface area contributed by atoms with E-state index in [1.165, 1.54) is 0 Å². The molecule has 1 N–H and O–H groups in total. The summed E-state index contributed by atoms with van der Waals surface area (Å²) in [5.41, 5.74) is 2.95. The summed E-state index contributed by atoms with van der Waals surface area (Å²) in [5, 5.41) is 10.7. The van der Waals surface area contributed by atoms with E-state index in [2.05, 4.69) is 17.7 Å².